The zero-order chi connectivity index (χ0) is 19.7. The number of halogens is 2. The molecule has 1 aliphatic rings. The fourth-order valence-electron chi connectivity index (χ4n) is 3.28. The molecule has 3 heterocycles. The summed E-state index contributed by atoms with van der Waals surface area (Å²) in [6.45, 7) is 4.69. The van der Waals surface area contributed by atoms with Crippen molar-refractivity contribution in [3.63, 3.8) is 0 Å². The third-order valence-electron chi connectivity index (χ3n) is 4.65. The summed E-state index contributed by atoms with van der Waals surface area (Å²) >= 11 is 11.2. The summed E-state index contributed by atoms with van der Waals surface area (Å²) in [5, 5.41) is 3.33. The van der Waals surface area contributed by atoms with Crippen LogP contribution in [0, 0.1) is 0 Å². The van der Waals surface area contributed by atoms with Crippen LogP contribution in [0.1, 0.15) is 6.92 Å². The van der Waals surface area contributed by atoms with Crippen LogP contribution >= 0.6 is 38.9 Å². The van der Waals surface area contributed by atoms with Gasteiger partial charge in [0.25, 0.3) is 0 Å². The molecule has 1 aromatic carbocycles. The van der Waals surface area contributed by atoms with E-state index in [4.69, 9.17) is 16.3 Å². The summed E-state index contributed by atoms with van der Waals surface area (Å²) in [5.74, 6) is 0.817. The first-order valence-corrected chi connectivity index (χ1v) is 11.0. The van der Waals surface area contributed by atoms with Gasteiger partial charge >= 0.3 is 6.09 Å². The van der Waals surface area contributed by atoms with Gasteiger partial charge in [-0.3, -0.25) is 0 Å². The van der Waals surface area contributed by atoms with E-state index in [1.807, 2.05) is 19.1 Å². The second-order valence-electron chi connectivity index (χ2n) is 6.33. The summed E-state index contributed by atoms with van der Waals surface area (Å²) in [7, 11) is 0. The Labute approximate surface area is 180 Å². The van der Waals surface area contributed by atoms with Crippen molar-refractivity contribution >= 4 is 61.0 Å². The number of carbonyl (C=O) groups is 1. The second-order valence-corrected chi connectivity index (χ2v) is 8.44. The number of nitrogens with zero attached hydrogens (tertiary/aromatic N) is 4. The standard InChI is InChI=1S/C19H18BrClN4O2S/c1-2-27-19(26)25-9-7-24(8-10-25)16-15-14(12-3-5-13(20)6-4-12)11-28-17(15)23-18(21)22-16/h3-6,11H,2,7-10H2,1H3. The maximum Gasteiger partial charge on any atom is 0.409 e. The normalized spacial score (nSPS) is 14.5. The molecule has 0 radical (unpaired) electrons. The quantitative estimate of drug-likeness (QED) is 0.490. The van der Waals surface area contributed by atoms with Gasteiger partial charge in [0, 0.05) is 41.6 Å². The molecule has 9 heteroatoms. The summed E-state index contributed by atoms with van der Waals surface area (Å²) in [5.41, 5.74) is 2.19. The van der Waals surface area contributed by atoms with Crippen molar-refractivity contribution in [3.8, 4) is 11.1 Å². The van der Waals surface area contributed by atoms with Gasteiger partial charge in [-0.05, 0) is 36.2 Å². The molecule has 28 heavy (non-hydrogen) atoms. The molecule has 2 aromatic heterocycles. The number of anilines is 1. The number of ether oxygens (including phenoxy) is 1. The number of benzene rings is 1. The molecule has 146 valence electrons. The van der Waals surface area contributed by atoms with Gasteiger partial charge in [-0.15, -0.1) is 11.3 Å². The molecule has 1 saturated heterocycles. The fraction of sp³-hybridized carbons (Fsp3) is 0.316. The van der Waals surface area contributed by atoms with E-state index >= 15 is 0 Å². The van der Waals surface area contributed by atoms with Crippen LogP contribution in [0.4, 0.5) is 10.6 Å². The molecule has 0 atom stereocenters. The Kier molecular flexibility index (Phi) is 5.70. The lowest BCUT2D eigenvalue weighted by Gasteiger charge is -2.35. The molecule has 0 unspecified atom stereocenters. The summed E-state index contributed by atoms with van der Waals surface area (Å²) in [6.07, 6.45) is -0.265. The smallest absolute Gasteiger partial charge is 0.409 e. The number of hydrogen-bond acceptors (Lipinski definition) is 6. The number of rotatable bonds is 3. The number of amides is 1. The van der Waals surface area contributed by atoms with Gasteiger partial charge in [0.15, 0.2) is 0 Å². The van der Waals surface area contributed by atoms with Crippen LogP contribution < -0.4 is 4.90 Å². The fourth-order valence-corrected chi connectivity index (χ4v) is 4.71. The lowest BCUT2D eigenvalue weighted by atomic mass is 10.1. The molecule has 3 aromatic rings. The first-order valence-electron chi connectivity index (χ1n) is 8.94. The first kappa shape index (κ1) is 19.4. The van der Waals surface area contributed by atoms with Crippen molar-refractivity contribution < 1.29 is 9.53 Å². The van der Waals surface area contributed by atoms with Crippen molar-refractivity contribution in [1.29, 1.82) is 0 Å². The minimum absolute atomic E-state index is 0.236. The lowest BCUT2D eigenvalue weighted by Crippen LogP contribution is -2.49. The van der Waals surface area contributed by atoms with Crippen molar-refractivity contribution in [2.24, 2.45) is 0 Å². The van der Waals surface area contributed by atoms with E-state index in [0.717, 1.165) is 31.6 Å². The predicted molar refractivity (Wildman–Crippen MR) is 116 cm³/mol. The zero-order valence-corrected chi connectivity index (χ0v) is 18.4. The topological polar surface area (TPSA) is 58.6 Å². The monoisotopic (exact) mass is 480 g/mol. The second kappa shape index (κ2) is 8.23. The maximum absolute atomic E-state index is 12.0. The highest BCUT2D eigenvalue weighted by molar-refractivity contribution is 9.10. The Morgan fingerprint density at radius 2 is 1.93 bits per heavy atom. The van der Waals surface area contributed by atoms with Crippen LogP contribution in [0.3, 0.4) is 0 Å². The first-order chi connectivity index (χ1) is 13.6. The van der Waals surface area contributed by atoms with E-state index in [9.17, 15) is 4.79 Å². The lowest BCUT2D eigenvalue weighted by molar-refractivity contribution is 0.105. The van der Waals surface area contributed by atoms with Crippen LogP contribution in [-0.2, 0) is 4.74 Å². The Balaban J connectivity index is 1.68. The zero-order valence-electron chi connectivity index (χ0n) is 15.2. The third-order valence-corrected chi connectivity index (χ3v) is 6.22. The Morgan fingerprint density at radius 3 is 2.61 bits per heavy atom. The predicted octanol–water partition coefficient (Wildman–Crippen LogP) is 5.05. The Hall–Kier alpha value is -1.90. The minimum Gasteiger partial charge on any atom is -0.450 e. The minimum atomic E-state index is -0.265. The van der Waals surface area contributed by atoms with Crippen LogP contribution in [0.25, 0.3) is 21.3 Å². The highest BCUT2D eigenvalue weighted by Crippen LogP contribution is 2.39. The summed E-state index contributed by atoms with van der Waals surface area (Å²) in [6, 6.07) is 8.19. The molecule has 4 rings (SSSR count). The van der Waals surface area contributed by atoms with E-state index in [1.54, 1.807) is 16.2 Å². The number of fused-ring (bicyclic) bond motifs is 1. The van der Waals surface area contributed by atoms with Crippen molar-refractivity contribution in [2.45, 2.75) is 6.92 Å². The summed E-state index contributed by atoms with van der Waals surface area (Å²) in [4.78, 5) is 25.7. The number of aromatic nitrogens is 2. The van der Waals surface area contributed by atoms with E-state index in [0.29, 0.717) is 32.8 Å². The van der Waals surface area contributed by atoms with Gasteiger partial charge in [-0.25, -0.2) is 9.78 Å². The van der Waals surface area contributed by atoms with Gasteiger partial charge in [-0.2, -0.15) is 4.98 Å². The Morgan fingerprint density at radius 1 is 1.21 bits per heavy atom. The van der Waals surface area contributed by atoms with Gasteiger partial charge < -0.3 is 14.5 Å². The number of hydrogen-bond donors (Lipinski definition) is 0. The molecule has 1 aliphatic heterocycles. The SMILES string of the molecule is CCOC(=O)N1CCN(c2nc(Cl)nc3scc(-c4ccc(Br)cc4)c23)CC1. The highest BCUT2D eigenvalue weighted by atomic mass is 79.9. The largest absolute Gasteiger partial charge is 0.450 e. The van der Waals surface area contributed by atoms with Gasteiger partial charge in [0.05, 0.1) is 12.0 Å². The average Bonchev–Trinajstić information content (AvgIpc) is 3.12. The van der Waals surface area contributed by atoms with Crippen LogP contribution in [0.15, 0.2) is 34.1 Å². The highest BCUT2D eigenvalue weighted by Gasteiger charge is 2.26. The molecule has 0 saturated carbocycles. The van der Waals surface area contributed by atoms with Gasteiger partial charge in [0.1, 0.15) is 10.6 Å². The van der Waals surface area contributed by atoms with E-state index in [-0.39, 0.29) is 11.4 Å². The molecule has 0 spiro atoms. The van der Waals surface area contributed by atoms with Gasteiger partial charge in [-0.1, -0.05) is 28.1 Å². The van der Waals surface area contributed by atoms with Crippen molar-refractivity contribution in [3.05, 3.63) is 39.4 Å². The molecule has 1 fully saturated rings. The van der Waals surface area contributed by atoms with Crippen molar-refractivity contribution in [1.82, 2.24) is 14.9 Å². The molecule has 0 bridgehead atoms. The van der Waals surface area contributed by atoms with E-state index in [2.05, 4.69) is 48.3 Å². The van der Waals surface area contributed by atoms with Gasteiger partial charge in [0.2, 0.25) is 5.28 Å². The molecule has 6 nitrogen and oxygen atoms in total. The van der Waals surface area contributed by atoms with E-state index < -0.39 is 0 Å². The average molecular weight is 482 g/mol. The summed E-state index contributed by atoms with van der Waals surface area (Å²) < 4.78 is 6.14. The van der Waals surface area contributed by atoms with Crippen LogP contribution in [0.5, 0.6) is 0 Å². The van der Waals surface area contributed by atoms with E-state index in [1.165, 1.54) is 0 Å². The molecule has 0 N–H and O–H groups in total. The van der Waals surface area contributed by atoms with Crippen molar-refractivity contribution in [2.75, 3.05) is 37.7 Å². The number of carbonyl (C=O) groups excluding carboxylic acids is 1. The number of thiophene rings is 1. The molecule has 0 aliphatic carbocycles. The molecular weight excluding hydrogens is 464 g/mol. The van der Waals surface area contributed by atoms with Crippen LogP contribution in [-0.4, -0.2) is 53.7 Å². The number of piperazine rings is 1. The third kappa shape index (κ3) is 3.81. The Bertz CT molecular complexity index is 1000. The maximum atomic E-state index is 12.0. The molecule has 1 amide bonds. The van der Waals surface area contributed by atoms with Crippen LogP contribution in [0.2, 0.25) is 5.28 Å². The molecular formula is C19H18BrClN4O2S.